The molecule has 0 fully saturated rings. The van der Waals surface area contributed by atoms with E-state index in [0.29, 0.717) is 0 Å². The van der Waals surface area contributed by atoms with Gasteiger partial charge >= 0.3 is 5.82 Å². The summed E-state index contributed by atoms with van der Waals surface area (Å²) in [4.78, 5) is 13.7. The first-order chi connectivity index (χ1) is 7.58. The Morgan fingerprint density at radius 3 is 2.62 bits per heavy atom. The summed E-state index contributed by atoms with van der Waals surface area (Å²) in [6.45, 7) is 1.89. The molecule has 2 heterocycles. The lowest BCUT2D eigenvalue weighted by Gasteiger charge is -1.98. The van der Waals surface area contributed by atoms with Crippen LogP contribution < -0.4 is 0 Å². The first kappa shape index (κ1) is 10.3. The second-order valence-electron chi connectivity index (χ2n) is 3.46. The first-order valence-electron chi connectivity index (χ1n) is 4.69. The van der Waals surface area contributed by atoms with Gasteiger partial charge in [-0.2, -0.15) is 5.10 Å². The van der Waals surface area contributed by atoms with Gasteiger partial charge in [0.1, 0.15) is 6.20 Å². The SMILES string of the molecule is Cc1cc(-c2ccc([N+](=O)[O-])nc2)n(C)n1. The van der Waals surface area contributed by atoms with Gasteiger partial charge in [-0.25, -0.2) is 0 Å². The summed E-state index contributed by atoms with van der Waals surface area (Å²) in [6, 6.07) is 4.96. The molecule has 0 spiro atoms. The summed E-state index contributed by atoms with van der Waals surface area (Å²) in [5.74, 6) is -0.150. The third-order valence-electron chi connectivity index (χ3n) is 2.23. The monoisotopic (exact) mass is 218 g/mol. The van der Waals surface area contributed by atoms with Crippen molar-refractivity contribution in [3.63, 3.8) is 0 Å². The first-order valence-corrected chi connectivity index (χ1v) is 4.69. The van der Waals surface area contributed by atoms with E-state index >= 15 is 0 Å². The number of nitro groups is 1. The molecule has 6 heteroatoms. The lowest BCUT2D eigenvalue weighted by molar-refractivity contribution is -0.389. The van der Waals surface area contributed by atoms with E-state index in [9.17, 15) is 10.1 Å². The van der Waals surface area contributed by atoms with Gasteiger partial charge in [0.2, 0.25) is 0 Å². The molecule has 0 aromatic carbocycles. The van der Waals surface area contributed by atoms with Gasteiger partial charge in [0.15, 0.2) is 0 Å². The molecule has 6 nitrogen and oxygen atoms in total. The largest absolute Gasteiger partial charge is 0.363 e. The average Bonchev–Trinajstić information content (AvgIpc) is 2.58. The Hall–Kier alpha value is -2.24. The van der Waals surface area contributed by atoms with Crippen molar-refractivity contribution in [1.82, 2.24) is 14.8 Å². The molecule has 2 aromatic rings. The van der Waals surface area contributed by atoms with Gasteiger partial charge in [0, 0.05) is 18.7 Å². The second-order valence-corrected chi connectivity index (χ2v) is 3.46. The third-order valence-corrected chi connectivity index (χ3v) is 2.23. The Labute approximate surface area is 91.7 Å². The molecular weight excluding hydrogens is 208 g/mol. The van der Waals surface area contributed by atoms with Crippen molar-refractivity contribution < 1.29 is 4.92 Å². The van der Waals surface area contributed by atoms with Gasteiger partial charge in [0.05, 0.1) is 11.4 Å². The van der Waals surface area contributed by atoms with Crippen molar-refractivity contribution in [3.05, 3.63) is 40.2 Å². The normalized spacial score (nSPS) is 10.4. The van der Waals surface area contributed by atoms with E-state index in [1.807, 2.05) is 20.0 Å². The number of nitrogens with zero attached hydrogens (tertiary/aromatic N) is 4. The maximum absolute atomic E-state index is 10.4. The maximum atomic E-state index is 10.4. The molecule has 0 amide bonds. The summed E-state index contributed by atoms with van der Waals surface area (Å²) in [5, 5.41) is 14.6. The van der Waals surface area contributed by atoms with Gasteiger partial charge in [-0.3, -0.25) is 4.68 Å². The van der Waals surface area contributed by atoms with E-state index in [1.165, 1.54) is 12.3 Å². The van der Waals surface area contributed by atoms with Crippen LogP contribution in [0, 0.1) is 17.0 Å². The van der Waals surface area contributed by atoms with Crippen molar-refractivity contribution in [1.29, 1.82) is 0 Å². The maximum Gasteiger partial charge on any atom is 0.363 e. The van der Waals surface area contributed by atoms with Crippen molar-refractivity contribution >= 4 is 5.82 Å². The van der Waals surface area contributed by atoms with E-state index < -0.39 is 4.92 Å². The van der Waals surface area contributed by atoms with Crippen LogP contribution in [0.25, 0.3) is 11.3 Å². The molecule has 0 saturated heterocycles. The summed E-state index contributed by atoms with van der Waals surface area (Å²) in [6.07, 6.45) is 1.48. The average molecular weight is 218 g/mol. The van der Waals surface area contributed by atoms with Crippen LogP contribution in [0.3, 0.4) is 0 Å². The van der Waals surface area contributed by atoms with Crippen LogP contribution in [0.2, 0.25) is 0 Å². The lowest BCUT2D eigenvalue weighted by Crippen LogP contribution is -1.95. The number of aryl methyl sites for hydroxylation is 2. The van der Waals surface area contributed by atoms with E-state index in [1.54, 1.807) is 10.7 Å². The zero-order chi connectivity index (χ0) is 11.7. The predicted molar refractivity (Wildman–Crippen MR) is 57.8 cm³/mol. The fraction of sp³-hybridized carbons (Fsp3) is 0.200. The van der Waals surface area contributed by atoms with Crippen molar-refractivity contribution in [2.45, 2.75) is 6.92 Å². The zero-order valence-corrected chi connectivity index (χ0v) is 8.91. The number of hydrogen-bond donors (Lipinski definition) is 0. The van der Waals surface area contributed by atoms with Gasteiger partial charge in [0.25, 0.3) is 0 Å². The molecule has 0 aliphatic carbocycles. The van der Waals surface area contributed by atoms with Gasteiger partial charge in [-0.1, -0.05) is 0 Å². The molecule has 0 aliphatic rings. The topological polar surface area (TPSA) is 73.8 Å². The van der Waals surface area contributed by atoms with Crippen LogP contribution in [-0.4, -0.2) is 19.7 Å². The van der Waals surface area contributed by atoms with Crippen molar-refractivity contribution in [3.8, 4) is 11.3 Å². The summed E-state index contributed by atoms with van der Waals surface area (Å²) in [5.41, 5.74) is 2.60. The predicted octanol–water partition coefficient (Wildman–Crippen LogP) is 1.70. The molecule has 82 valence electrons. The molecular formula is C10H10N4O2. The highest BCUT2D eigenvalue weighted by atomic mass is 16.6. The van der Waals surface area contributed by atoms with E-state index in [-0.39, 0.29) is 5.82 Å². The summed E-state index contributed by atoms with van der Waals surface area (Å²) >= 11 is 0. The molecule has 0 atom stereocenters. The lowest BCUT2D eigenvalue weighted by atomic mass is 10.2. The smallest absolute Gasteiger partial charge is 0.358 e. The van der Waals surface area contributed by atoms with Gasteiger partial charge in [-0.15, -0.1) is 0 Å². The fourth-order valence-corrected chi connectivity index (χ4v) is 1.53. The highest BCUT2D eigenvalue weighted by Gasteiger charge is 2.10. The molecule has 2 rings (SSSR count). The van der Waals surface area contributed by atoms with E-state index in [0.717, 1.165) is 17.0 Å². The number of rotatable bonds is 2. The molecule has 16 heavy (non-hydrogen) atoms. The Morgan fingerprint density at radius 2 is 2.19 bits per heavy atom. The summed E-state index contributed by atoms with van der Waals surface area (Å²) in [7, 11) is 1.82. The standard InChI is InChI=1S/C10H10N4O2/c1-7-5-9(13(2)12-7)8-3-4-10(11-6-8)14(15)16/h3-6H,1-2H3. The fourth-order valence-electron chi connectivity index (χ4n) is 1.53. The quantitative estimate of drug-likeness (QED) is 0.568. The minimum Gasteiger partial charge on any atom is -0.358 e. The minimum absolute atomic E-state index is 0.150. The van der Waals surface area contributed by atoms with Crippen LogP contribution in [0.4, 0.5) is 5.82 Å². The van der Waals surface area contributed by atoms with Crippen LogP contribution in [0.15, 0.2) is 24.4 Å². The van der Waals surface area contributed by atoms with E-state index in [2.05, 4.69) is 10.1 Å². The highest BCUT2D eigenvalue weighted by Crippen LogP contribution is 2.20. The van der Waals surface area contributed by atoms with Gasteiger partial charge < -0.3 is 10.1 Å². The Balaban J connectivity index is 2.42. The van der Waals surface area contributed by atoms with Gasteiger partial charge in [-0.05, 0) is 29.0 Å². The molecule has 0 unspecified atom stereocenters. The van der Waals surface area contributed by atoms with Crippen LogP contribution in [-0.2, 0) is 7.05 Å². The van der Waals surface area contributed by atoms with Crippen molar-refractivity contribution in [2.24, 2.45) is 7.05 Å². The molecule has 0 radical (unpaired) electrons. The molecule has 0 aliphatic heterocycles. The molecule has 0 N–H and O–H groups in total. The number of hydrogen-bond acceptors (Lipinski definition) is 4. The zero-order valence-electron chi connectivity index (χ0n) is 8.91. The Kier molecular flexibility index (Phi) is 2.40. The molecule has 0 bridgehead atoms. The number of aromatic nitrogens is 3. The van der Waals surface area contributed by atoms with Crippen LogP contribution in [0.1, 0.15) is 5.69 Å². The van der Waals surface area contributed by atoms with Crippen LogP contribution >= 0.6 is 0 Å². The number of pyridine rings is 1. The minimum atomic E-state index is -0.516. The second kappa shape index (κ2) is 3.73. The molecule has 0 saturated carbocycles. The summed E-state index contributed by atoms with van der Waals surface area (Å²) < 4.78 is 1.72. The Morgan fingerprint density at radius 1 is 1.44 bits per heavy atom. The van der Waals surface area contributed by atoms with E-state index in [4.69, 9.17) is 0 Å². The van der Waals surface area contributed by atoms with Crippen LogP contribution in [0.5, 0.6) is 0 Å². The molecule has 2 aromatic heterocycles. The van der Waals surface area contributed by atoms with Crippen molar-refractivity contribution in [2.75, 3.05) is 0 Å². The third kappa shape index (κ3) is 1.77. The Bertz CT molecular complexity index is 530. The highest BCUT2D eigenvalue weighted by molar-refractivity contribution is 5.59.